The molecule has 1 fully saturated rings. The first-order valence-electron chi connectivity index (χ1n) is 12.2. The Morgan fingerprint density at radius 2 is 1.66 bits per heavy atom. The number of hydrogen-bond donors (Lipinski definition) is 2. The molecule has 1 aliphatic rings. The van der Waals surface area contributed by atoms with E-state index in [2.05, 4.69) is 29.4 Å². The lowest BCUT2D eigenvalue weighted by atomic mass is 9.86. The lowest BCUT2D eigenvalue weighted by molar-refractivity contribution is 0.154. The zero-order valence-electron chi connectivity index (χ0n) is 20.6. The quantitative estimate of drug-likeness (QED) is 0.378. The van der Waals surface area contributed by atoms with Gasteiger partial charge in [0.2, 0.25) is 0 Å². The summed E-state index contributed by atoms with van der Waals surface area (Å²) < 4.78 is 26.0. The number of hydrogen-bond acceptors (Lipinski definition) is 4. The minimum absolute atomic E-state index is 0.170. The second kappa shape index (κ2) is 12.4. The van der Waals surface area contributed by atoms with Crippen LogP contribution in [0.4, 0.5) is 10.5 Å². The minimum Gasteiger partial charge on any atom is -0.331 e. The number of amides is 2. The van der Waals surface area contributed by atoms with E-state index in [1.54, 1.807) is 42.5 Å². The predicted octanol–water partition coefficient (Wildman–Crippen LogP) is 6.55. The summed E-state index contributed by atoms with van der Waals surface area (Å²) in [4.78, 5) is 15.2. The van der Waals surface area contributed by atoms with Gasteiger partial charge < -0.3 is 15.5 Å². The van der Waals surface area contributed by atoms with Crippen LogP contribution in [0.1, 0.15) is 58.1 Å². The van der Waals surface area contributed by atoms with Gasteiger partial charge in [-0.05, 0) is 87.5 Å². The molecule has 1 aliphatic carbocycles. The normalized spacial score (nSPS) is 19.4. The van der Waals surface area contributed by atoms with Gasteiger partial charge in [0.15, 0.2) is 9.84 Å². The Kier molecular flexibility index (Phi) is 9.87. The van der Waals surface area contributed by atoms with Crippen LogP contribution >= 0.6 is 23.2 Å². The van der Waals surface area contributed by atoms with Gasteiger partial charge in [0.25, 0.3) is 0 Å². The Hall–Kier alpha value is -1.80. The number of nitrogens with one attached hydrogen (secondary N) is 2. The Morgan fingerprint density at radius 3 is 2.26 bits per heavy atom. The molecule has 6 nitrogen and oxygen atoms in total. The third kappa shape index (κ3) is 7.35. The molecule has 0 aromatic heterocycles. The summed E-state index contributed by atoms with van der Waals surface area (Å²) in [6, 6.07) is 11.4. The van der Waals surface area contributed by atoms with Crippen molar-refractivity contribution in [3.05, 3.63) is 58.1 Å². The number of benzene rings is 2. The Bertz CT molecular complexity index is 1100. The van der Waals surface area contributed by atoms with Crippen molar-refractivity contribution in [2.75, 3.05) is 24.2 Å². The number of anilines is 1. The number of carbonyl (C=O) groups is 1. The van der Waals surface area contributed by atoms with Crippen LogP contribution in [0.25, 0.3) is 0 Å². The Balaban J connectivity index is 1.54. The molecule has 2 aromatic rings. The smallest absolute Gasteiger partial charge is 0.319 e. The number of rotatable bonds is 9. The van der Waals surface area contributed by atoms with Crippen LogP contribution in [0.15, 0.2) is 47.4 Å². The van der Waals surface area contributed by atoms with Crippen molar-refractivity contribution in [1.29, 1.82) is 0 Å². The monoisotopic (exact) mass is 539 g/mol. The maximum atomic E-state index is 13.0. The topological polar surface area (TPSA) is 78.5 Å². The maximum Gasteiger partial charge on any atom is 0.319 e. The summed E-state index contributed by atoms with van der Waals surface area (Å²) in [5, 5.41) is 6.38. The molecule has 192 valence electrons. The second-order valence-corrected chi connectivity index (χ2v) is 12.0. The minimum atomic E-state index is -3.39. The molecule has 2 N–H and O–H groups in total. The molecule has 0 spiro atoms. The van der Waals surface area contributed by atoms with Crippen molar-refractivity contribution in [3.8, 4) is 0 Å². The first kappa shape index (κ1) is 27.8. The van der Waals surface area contributed by atoms with E-state index in [0.717, 1.165) is 38.8 Å². The average molecular weight is 541 g/mol. The fraction of sp³-hybridized carbons (Fsp3) is 0.500. The number of halogens is 2. The first-order valence-corrected chi connectivity index (χ1v) is 14.6. The van der Waals surface area contributed by atoms with Gasteiger partial charge in [-0.15, -0.1) is 0 Å². The lowest BCUT2D eigenvalue weighted by Crippen LogP contribution is -2.38. The van der Waals surface area contributed by atoms with Crippen LogP contribution in [0.3, 0.4) is 0 Å². The molecule has 0 aliphatic heterocycles. The summed E-state index contributed by atoms with van der Waals surface area (Å²) in [5.74, 6) is 0.360. The van der Waals surface area contributed by atoms with E-state index in [1.165, 1.54) is 0 Å². The molecule has 2 amide bonds. The van der Waals surface area contributed by atoms with Gasteiger partial charge in [-0.3, -0.25) is 0 Å². The molecule has 3 rings (SSSR count). The van der Waals surface area contributed by atoms with Crippen LogP contribution in [0, 0.1) is 5.92 Å². The van der Waals surface area contributed by atoms with E-state index in [9.17, 15) is 13.2 Å². The fourth-order valence-corrected chi connectivity index (χ4v) is 7.03. The van der Waals surface area contributed by atoms with Crippen molar-refractivity contribution in [2.24, 2.45) is 5.92 Å². The molecule has 0 bridgehead atoms. The third-order valence-electron chi connectivity index (χ3n) is 6.87. The highest BCUT2D eigenvalue weighted by molar-refractivity contribution is 7.91. The molecule has 9 heteroatoms. The molecule has 0 radical (unpaired) electrons. The van der Waals surface area contributed by atoms with Crippen molar-refractivity contribution in [3.63, 3.8) is 0 Å². The highest BCUT2D eigenvalue weighted by Gasteiger charge is 2.28. The molecule has 2 aromatic carbocycles. The second-order valence-electron chi connectivity index (χ2n) is 9.16. The third-order valence-corrected chi connectivity index (χ3v) is 9.60. The van der Waals surface area contributed by atoms with Crippen molar-refractivity contribution >= 4 is 44.8 Å². The van der Waals surface area contributed by atoms with Crippen LogP contribution in [0.5, 0.6) is 0 Å². The highest BCUT2D eigenvalue weighted by atomic mass is 35.5. The fourth-order valence-electron chi connectivity index (χ4n) is 4.87. The molecular formula is C26H35Cl2N3O3S. The molecule has 0 saturated heterocycles. The van der Waals surface area contributed by atoms with Crippen LogP contribution in [-0.4, -0.2) is 44.2 Å². The average Bonchev–Trinajstić information content (AvgIpc) is 2.82. The standard InChI is InChI=1S/C26H35Cl2N3O3S/c1-4-31(5-2)21-13-9-19(10-14-21)17-35(33,34)22-15-11-20(12-16-22)30-26(32)29-18(3)23-7-6-8-24(27)25(23)28/h6-8,11-12,15-16,18-19,21H,4-5,9-10,13-14,17H2,1-3H3,(H2,29,30,32). The SMILES string of the molecule is CCN(CC)C1CCC(CS(=O)(=O)c2ccc(NC(=O)NC(C)c3cccc(Cl)c3Cl)cc2)CC1. The summed E-state index contributed by atoms with van der Waals surface area (Å²) in [6.07, 6.45) is 3.99. The predicted molar refractivity (Wildman–Crippen MR) is 144 cm³/mol. The van der Waals surface area contributed by atoms with Gasteiger partial charge >= 0.3 is 6.03 Å². The van der Waals surface area contributed by atoms with Crippen molar-refractivity contribution in [1.82, 2.24) is 10.2 Å². The van der Waals surface area contributed by atoms with Crippen LogP contribution < -0.4 is 10.6 Å². The van der Waals surface area contributed by atoms with Gasteiger partial charge in [-0.1, -0.05) is 49.2 Å². The zero-order valence-corrected chi connectivity index (χ0v) is 22.9. The van der Waals surface area contributed by atoms with Gasteiger partial charge in [0.1, 0.15) is 0 Å². The number of urea groups is 1. The van der Waals surface area contributed by atoms with E-state index < -0.39 is 15.9 Å². The van der Waals surface area contributed by atoms with E-state index in [4.69, 9.17) is 23.2 Å². The highest BCUT2D eigenvalue weighted by Crippen LogP contribution is 2.31. The largest absolute Gasteiger partial charge is 0.331 e. The zero-order chi connectivity index (χ0) is 25.6. The summed E-state index contributed by atoms with van der Waals surface area (Å²) >= 11 is 12.3. The summed E-state index contributed by atoms with van der Waals surface area (Å²) in [6.45, 7) is 8.24. The van der Waals surface area contributed by atoms with Gasteiger partial charge in [-0.25, -0.2) is 13.2 Å². The van der Waals surface area contributed by atoms with Crippen LogP contribution in [-0.2, 0) is 9.84 Å². The van der Waals surface area contributed by atoms with Gasteiger partial charge in [-0.2, -0.15) is 0 Å². The molecule has 35 heavy (non-hydrogen) atoms. The lowest BCUT2D eigenvalue weighted by Gasteiger charge is -2.35. The summed E-state index contributed by atoms with van der Waals surface area (Å²) in [5.41, 5.74) is 1.22. The molecule has 0 heterocycles. The van der Waals surface area contributed by atoms with Crippen molar-refractivity contribution < 1.29 is 13.2 Å². The van der Waals surface area contributed by atoms with Gasteiger partial charge in [0.05, 0.1) is 26.7 Å². The Labute approximate surface area is 219 Å². The van der Waals surface area contributed by atoms with Gasteiger partial charge in [0, 0.05) is 11.7 Å². The molecule has 1 unspecified atom stereocenters. The van der Waals surface area contributed by atoms with E-state index in [-0.39, 0.29) is 22.6 Å². The summed E-state index contributed by atoms with van der Waals surface area (Å²) in [7, 11) is -3.39. The van der Waals surface area contributed by atoms with E-state index in [1.807, 2.05) is 6.92 Å². The number of carbonyl (C=O) groups excluding carboxylic acids is 1. The maximum absolute atomic E-state index is 13.0. The van der Waals surface area contributed by atoms with Crippen molar-refractivity contribution in [2.45, 2.75) is 63.4 Å². The Morgan fingerprint density at radius 1 is 1.03 bits per heavy atom. The van der Waals surface area contributed by atoms with E-state index >= 15 is 0 Å². The number of nitrogens with zero attached hydrogens (tertiary/aromatic N) is 1. The molecule has 1 saturated carbocycles. The van der Waals surface area contributed by atoms with Crippen LogP contribution in [0.2, 0.25) is 10.0 Å². The molecule has 1 atom stereocenters. The van der Waals surface area contributed by atoms with E-state index in [0.29, 0.717) is 27.3 Å². The number of sulfone groups is 1. The first-order chi connectivity index (χ1) is 16.6. The molecular weight excluding hydrogens is 505 g/mol.